The van der Waals surface area contributed by atoms with E-state index in [1.807, 2.05) is 26.2 Å². The van der Waals surface area contributed by atoms with E-state index in [9.17, 15) is 4.39 Å². The summed E-state index contributed by atoms with van der Waals surface area (Å²) in [6, 6.07) is 6.57. The number of halogens is 1. The van der Waals surface area contributed by atoms with Gasteiger partial charge in [-0.1, -0.05) is 18.9 Å². The Kier molecular flexibility index (Phi) is 6.94. The van der Waals surface area contributed by atoms with Crippen LogP contribution >= 0.6 is 0 Å². The molecule has 150 valence electrons. The highest BCUT2D eigenvalue weighted by atomic mass is 19.1. The van der Waals surface area contributed by atoms with E-state index in [-0.39, 0.29) is 5.82 Å². The summed E-state index contributed by atoms with van der Waals surface area (Å²) in [6.45, 7) is 5.64. The molecule has 0 aromatic heterocycles. The molecule has 1 aliphatic carbocycles. The number of aliphatic imine (C=N–C) groups is 1. The van der Waals surface area contributed by atoms with E-state index >= 15 is 0 Å². The van der Waals surface area contributed by atoms with E-state index < -0.39 is 0 Å². The first-order valence-electron chi connectivity index (χ1n) is 10.3. The zero-order chi connectivity index (χ0) is 19.2. The fourth-order valence-corrected chi connectivity index (χ4v) is 4.20. The van der Waals surface area contributed by atoms with Gasteiger partial charge in [0, 0.05) is 45.8 Å². The van der Waals surface area contributed by atoms with Crippen molar-refractivity contribution in [3.63, 3.8) is 0 Å². The Balaban J connectivity index is 1.57. The number of benzene rings is 1. The van der Waals surface area contributed by atoms with Gasteiger partial charge in [-0.25, -0.2) is 9.38 Å². The first kappa shape index (κ1) is 19.9. The van der Waals surface area contributed by atoms with Crippen LogP contribution in [0.25, 0.3) is 0 Å². The van der Waals surface area contributed by atoms with Crippen molar-refractivity contribution in [2.75, 3.05) is 38.6 Å². The summed E-state index contributed by atoms with van der Waals surface area (Å²) in [7, 11) is 3.69. The summed E-state index contributed by atoms with van der Waals surface area (Å²) >= 11 is 0. The van der Waals surface area contributed by atoms with Crippen LogP contribution in [0.1, 0.15) is 44.6 Å². The van der Waals surface area contributed by atoms with Gasteiger partial charge in [0.2, 0.25) is 0 Å². The molecule has 1 unspecified atom stereocenters. The third-order valence-corrected chi connectivity index (χ3v) is 5.66. The minimum Gasteiger partial charge on any atom is -0.375 e. The highest BCUT2D eigenvalue weighted by molar-refractivity contribution is 5.80. The van der Waals surface area contributed by atoms with Crippen LogP contribution in [0, 0.1) is 5.82 Å². The molecule has 0 amide bonds. The van der Waals surface area contributed by atoms with Crippen molar-refractivity contribution in [2.24, 2.45) is 4.99 Å². The number of anilines is 1. The van der Waals surface area contributed by atoms with Crippen LogP contribution in [0.5, 0.6) is 0 Å². The molecule has 1 aliphatic heterocycles. The first-order chi connectivity index (χ1) is 13.1. The van der Waals surface area contributed by atoms with E-state index in [1.165, 1.54) is 32.2 Å². The topological polar surface area (TPSA) is 42.9 Å². The molecule has 1 atom stereocenters. The van der Waals surface area contributed by atoms with Crippen molar-refractivity contribution in [1.82, 2.24) is 15.5 Å². The van der Waals surface area contributed by atoms with E-state index in [1.54, 1.807) is 11.0 Å². The van der Waals surface area contributed by atoms with Gasteiger partial charge in [-0.2, -0.15) is 0 Å². The summed E-state index contributed by atoms with van der Waals surface area (Å²) in [4.78, 5) is 9.11. The second kappa shape index (κ2) is 9.40. The molecule has 1 aromatic carbocycles. The standard InChI is InChI=1S/C21H34FN5/c1-4-23-21(24-14-16-9-10-20(26(2)3)19(22)13-16)25-17-11-12-27(15-17)18-7-5-6-8-18/h9-10,13,17-18H,4-8,11-12,14-15H2,1-3H3,(H2,23,24,25). The predicted molar refractivity (Wildman–Crippen MR) is 111 cm³/mol. The van der Waals surface area contributed by atoms with Crippen molar-refractivity contribution >= 4 is 11.6 Å². The largest absolute Gasteiger partial charge is 0.375 e. The number of rotatable bonds is 6. The summed E-state index contributed by atoms with van der Waals surface area (Å²) in [5.41, 5.74) is 1.49. The van der Waals surface area contributed by atoms with Crippen LogP contribution in [0.2, 0.25) is 0 Å². The molecule has 0 spiro atoms. The Morgan fingerprint density at radius 1 is 1.26 bits per heavy atom. The maximum absolute atomic E-state index is 14.2. The summed E-state index contributed by atoms with van der Waals surface area (Å²) < 4.78 is 14.2. The first-order valence-corrected chi connectivity index (χ1v) is 10.3. The van der Waals surface area contributed by atoms with Crippen LogP contribution in [0.15, 0.2) is 23.2 Å². The molecule has 1 saturated carbocycles. The minimum atomic E-state index is -0.200. The van der Waals surface area contributed by atoms with Crippen LogP contribution in [0.4, 0.5) is 10.1 Å². The van der Waals surface area contributed by atoms with Gasteiger partial charge in [0.15, 0.2) is 5.96 Å². The number of nitrogens with one attached hydrogen (secondary N) is 2. The van der Waals surface area contributed by atoms with Gasteiger partial charge in [0.1, 0.15) is 5.82 Å². The summed E-state index contributed by atoms with van der Waals surface area (Å²) in [5.74, 6) is 0.626. The maximum atomic E-state index is 14.2. The Bertz CT molecular complexity index is 639. The average molecular weight is 376 g/mol. The second-order valence-electron chi connectivity index (χ2n) is 7.94. The molecule has 2 N–H and O–H groups in total. The van der Waals surface area contributed by atoms with Gasteiger partial charge in [-0.05, 0) is 43.9 Å². The highest BCUT2D eigenvalue weighted by Crippen LogP contribution is 2.26. The Morgan fingerprint density at radius 3 is 2.70 bits per heavy atom. The number of nitrogens with zero attached hydrogens (tertiary/aromatic N) is 3. The van der Waals surface area contributed by atoms with Crippen LogP contribution in [0.3, 0.4) is 0 Å². The number of hydrogen-bond acceptors (Lipinski definition) is 3. The summed E-state index contributed by atoms with van der Waals surface area (Å²) in [5, 5.41) is 6.91. The molecule has 1 aromatic rings. The normalized spacial score (nSPS) is 21.6. The zero-order valence-electron chi connectivity index (χ0n) is 17.0. The number of hydrogen-bond donors (Lipinski definition) is 2. The van der Waals surface area contributed by atoms with Gasteiger partial charge in [0.05, 0.1) is 12.2 Å². The molecular weight excluding hydrogens is 341 g/mol. The third-order valence-electron chi connectivity index (χ3n) is 5.66. The molecular formula is C21H34FN5. The zero-order valence-corrected chi connectivity index (χ0v) is 17.0. The molecule has 27 heavy (non-hydrogen) atoms. The fraction of sp³-hybridized carbons (Fsp3) is 0.667. The maximum Gasteiger partial charge on any atom is 0.191 e. The lowest BCUT2D eigenvalue weighted by Gasteiger charge is -2.24. The third kappa shape index (κ3) is 5.34. The van der Waals surface area contributed by atoms with Gasteiger partial charge in [-0.15, -0.1) is 0 Å². The Morgan fingerprint density at radius 2 is 2.04 bits per heavy atom. The molecule has 2 fully saturated rings. The van der Waals surface area contributed by atoms with Crippen LogP contribution in [-0.4, -0.2) is 56.7 Å². The molecule has 2 aliphatic rings. The SMILES string of the molecule is CCNC(=NCc1ccc(N(C)C)c(F)c1)NC1CCN(C2CCCC2)C1. The Hall–Kier alpha value is -1.82. The highest BCUT2D eigenvalue weighted by Gasteiger charge is 2.30. The van der Waals surface area contributed by atoms with Gasteiger partial charge in [0.25, 0.3) is 0 Å². The lowest BCUT2D eigenvalue weighted by molar-refractivity contribution is 0.242. The van der Waals surface area contributed by atoms with Gasteiger partial charge in [-0.3, -0.25) is 4.90 Å². The lowest BCUT2D eigenvalue weighted by Crippen LogP contribution is -2.45. The smallest absolute Gasteiger partial charge is 0.191 e. The molecule has 3 rings (SSSR count). The predicted octanol–water partition coefficient (Wildman–Crippen LogP) is 2.96. The van der Waals surface area contributed by atoms with Crippen LogP contribution < -0.4 is 15.5 Å². The van der Waals surface area contributed by atoms with Gasteiger partial charge < -0.3 is 15.5 Å². The molecule has 0 radical (unpaired) electrons. The van der Waals surface area contributed by atoms with Gasteiger partial charge >= 0.3 is 0 Å². The average Bonchev–Trinajstić information content (AvgIpc) is 3.31. The monoisotopic (exact) mass is 375 g/mol. The molecule has 5 nitrogen and oxygen atoms in total. The molecule has 0 bridgehead atoms. The fourth-order valence-electron chi connectivity index (χ4n) is 4.20. The Labute approximate surface area is 163 Å². The molecule has 6 heteroatoms. The minimum absolute atomic E-state index is 0.200. The lowest BCUT2D eigenvalue weighted by atomic mass is 10.2. The van der Waals surface area contributed by atoms with Crippen molar-refractivity contribution in [1.29, 1.82) is 0 Å². The number of guanidine groups is 1. The molecule has 1 heterocycles. The van der Waals surface area contributed by atoms with E-state index in [0.29, 0.717) is 18.3 Å². The van der Waals surface area contributed by atoms with E-state index in [2.05, 4.69) is 27.4 Å². The van der Waals surface area contributed by atoms with E-state index in [4.69, 9.17) is 0 Å². The van der Waals surface area contributed by atoms with Crippen molar-refractivity contribution < 1.29 is 4.39 Å². The summed E-state index contributed by atoms with van der Waals surface area (Å²) in [6.07, 6.45) is 6.64. The van der Waals surface area contributed by atoms with E-state index in [0.717, 1.165) is 37.1 Å². The molecule has 1 saturated heterocycles. The quantitative estimate of drug-likeness (QED) is 0.593. The van der Waals surface area contributed by atoms with Crippen molar-refractivity contribution in [3.8, 4) is 0 Å². The number of likely N-dealkylation sites (tertiary alicyclic amines) is 1. The second-order valence-corrected chi connectivity index (χ2v) is 7.94. The van der Waals surface area contributed by atoms with Crippen molar-refractivity contribution in [3.05, 3.63) is 29.6 Å². The van der Waals surface area contributed by atoms with Crippen LogP contribution in [-0.2, 0) is 6.54 Å². The van der Waals surface area contributed by atoms with Crippen molar-refractivity contribution in [2.45, 2.75) is 57.7 Å².